The molecule has 4 N–H and O–H groups in total. The van der Waals surface area contributed by atoms with Gasteiger partial charge in [0.05, 0.1) is 12.4 Å². The Kier molecular flexibility index (Phi) is 2.81. The van der Waals surface area contributed by atoms with Crippen molar-refractivity contribution in [2.45, 2.75) is 24.9 Å². The van der Waals surface area contributed by atoms with Crippen molar-refractivity contribution < 1.29 is 19.3 Å². The van der Waals surface area contributed by atoms with Crippen LogP contribution in [0.5, 0.6) is 0 Å². The predicted molar refractivity (Wildman–Crippen MR) is 60.5 cm³/mol. The molecule has 19 heavy (non-hydrogen) atoms. The molecule has 1 fully saturated rings. The van der Waals surface area contributed by atoms with Gasteiger partial charge in [-0.1, -0.05) is 0 Å². The van der Waals surface area contributed by atoms with Gasteiger partial charge in [0.2, 0.25) is 0 Å². The van der Waals surface area contributed by atoms with Crippen molar-refractivity contribution in [2.75, 3.05) is 5.73 Å². The second-order valence-corrected chi connectivity index (χ2v) is 4.21. The predicted octanol–water partition coefficient (Wildman–Crippen LogP) is -0.270. The number of anilines is 1. The van der Waals surface area contributed by atoms with E-state index in [2.05, 4.69) is 15.0 Å². The Labute approximate surface area is 106 Å². The molecule has 3 rings (SSSR count). The van der Waals surface area contributed by atoms with Crippen LogP contribution in [0.2, 0.25) is 0 Å². The fraction of sp³-hybridized carbons (Fsp3) is 0.400. The highest BCUT2D eigenvalue weighted by atomic mass is 19.1. The molecule has 101 valence electrons. The van der Waals surface area contributed by atoms with E-state index in [0.717, 1.165) is 6.61 Å². The standard InChI is InChI=1S/C10H11FN5O3/c11-10-14-8(12)7-9(15-10)16(3-13-7)6-1-4(18)5(2-17)19-6/h2-6,17-18H,1H2,(H2,12,14,15)/t4-,5+,6+/m0/s1. The molecule has 0 aliphatic carbocycles. The largest absolute Gasteiger partial charge is 0.390 e. The number of hydrogen-bond acceptors (Lipinski definition) is 7. The Morgan fingerprint density at radius 2 is 2.32 bits per heavy atom. The summed E-state index contributed by atoms with van der Waals surface area (Å²) in [6.07, 6.45) is -1.62. The number of fused-ring (bicyclic) bond motifs is 1. The molecule has 1 aliphatic heterocycles. The van der Waals surface area contributed by atoms with Crippen LogP contribution >= 0.6 is 0 Å². The molecule has 0 aromatic carbocycles. The molecule has 1 aliphatic rings. The van der Waals surface area contributed by atoms with Crippen LogP contribution in [0.3, 0.4) is 0 Å². The summed E-state index contributed by atoms with van der Waals surface area (Å²) < 4.78 is 20.0. The van der Waals surface area contributed by atoms with E-state index in [1.54, 1.807) is 0 Å². The van der Waals surface area contributed by atoms with Gasteiger partial charge in [-0.15, -0.1) is 0 Å². The van der Waals surface area contributed by atoms with Crippen molar-refractivity contribution in [1.29, 1.82) is 0 Å². The van der Waals surface area contributed by atoms with E-state index in [1.807, 2.05) is 0 Å². The van der Waals surface area contributed by atoms with Crippen LogP contribution in [0.4, 0.5) is 10.2 Å². The molecular weight excluding hydrogens is 257 g/mol. The van der Waals surface area contributed by atoms with Crippen LogP contribution in [0.15, 0.2) is 6.33 Å². The molecule has 0 spiro atoms. The Hall–Kier alpha value is -1.84. The van der Waals surface area contributed by atoms with Gasteiger partial charge in [0, 0.05) is 6.42 Å². The van der Waals surface area contributed by atoms with Crippen molar-refractivity contribution in [3.05, 3.63) is 19.0 Å². The second-order valence-electron chi connectivity index (χ2n) is 4.21. The first-order valence-electron chi connectivity index (χ1n) is 5.56. The lowest BCUT2D eigenvalue weighted by Crippen LogP contribution is -2.20. The molecule has 9 heteroatoms. The van der Waals surface area contributed by atoms with Crippen molar-refractivity contribution in [3.8, 4) is 0 Å². The molecule has 3 heterocycles. The van der Waals surface area contributed by atoms with Gasteiger partial charge in [0.1, 0.15) is 18.9 Å². The van der Waals surface area contributed by atoms with Gasteiger partial charge >= 0.3 is 6.08 Å². The number of nitrogens with two attached hydrogens (primary N) is 1. The molecular formula is C10H11FN5O3. The topological polar surface area (TPSA) is 119 Å². The third-order valence-corrected chi connectivity index (χ3v) is 3.01. The SMILES string of the molecule is Nc1nc(F)nc2c1ncn2[C@H]1C[C@H](O)[C@@H]([CH]O)O1. The van der Waals surface area contributed by atoms with Crippen LogP contribution in [-0.2, 0) is 4.74 Å². The molecule has 1 saturated heterocycles. The van der Waals surface area contributed by atoms with Gasteiger partial charge in [-0.3, -0.25) is 4.57 Å². The van der Waals surface area contributed by atoms with Crippen LogP contribution in [0.1, 0.15) is 12.6 Å². The molecule has 0 amide bonds. The van der Waals surface area contributed by atoms with Gasteiger partial charge in [0.15, 0.2) is 17.0 Å². The minimum absolute atomic E-state index is 0.0648. The average molecular weight is 268 g/mol. The van der Waals surface area contributed by atoms with Crippen molar-refractivity contribution in [1.82, 2.24) is 19.5 Å². The lowest BCUT2D eigenvalue weighted by molar-refractivity contribution is -0.0201. The number of hydrogen-bond donors (Lipinski definition) is 3. The summed E-state index contributed by atoms with van der Waals surface area (Å²) in [6, 6.07) is 0. The quantitative estimate of drug-likeness (QED) is 0.641. The molecule has 0 bridgehead atoms. The summed E-state index contributed by atoms with van der Waals surface area (Å²) in [5, 5.41) is 18.6. The third-order valence-electron chi connectivity index (χ3n) is 3.01. The van der Waals surface area contributed by atoms with Gasteiger partial charge in [-0.05, 0) is 0 Å². The first-order chi connectivity index (χ1) is 9.10. The molecule has 0 saturated carbocycles. The van der Waals surface area contributed by atoms with Crippen LogP contribution < -0.4 is 5.73 Å². The van der Waals surface area contributed by atoms with Gasteiger partial charge < -0.3 is 20.7 Å². The summed E-state index contributed by atoms with van der Waals surface area (Å²) in [6.45, 7) is 0.772. The Bertz CT molecular complexity index is 618. The van der Waals surface area contributed by atoms with Crippen molar-refractivity contribution in [3.63, 3.8) is 0 Å². The number of halogens is 1. The maximum Gasteiger partial charge on any atom is 0.312 e. The van der Waals surface area contributed by atoms with Crippen LogP contribution in [0, 0.1) is 12.7 Å². The number of nitrogen functional groups attached to an aromatic ring is 1. The van der Waals surface area contributed by atoms with E-state index in [9.17, 15) is 9.50 Å². The van der Waals surface area contributed by atoms with E-state index in [0.29, 0.717) is 0 Å². The molecule has 2 aromatic heterocycles. The van der Waals surface area contributed by atoms with Crippen LogP contribution in [0.25, 0.3) is 11.2 Å². The minimum atomic E-state index is -0.962. The Morgan fingerprint density at radius 3 is 3.00 bits per heavy atom. The van der Waals surface area contributed by atoms with Crippen LogP contribution in [-0.4, -0.2) is 41.9 Å². The highest BCUT2D eigenvalue weighted by molar-refractivity contribution is 5.81. The lowest BCUT2D eigenvalue weighted by Gasteiger charge is -2.13. The van der Waals surface area contributed by atoms with Crippen molar-refractivity contribution >= 4 is 17.0 Å². The number of nitrogens with zero attached hydrogens (tertiary/aromatic N) is 4. The maximum atomic E-state index is 13.2. The van der Waals surface area contributed by atoms with Gasteiger partial charge in [0.25, 0.3) is 0 Å². The van der Waals surface area contributed by atoms with E-state index >= 15 is 0 Å². The summed E-state index contributed by atoms with van der Waals surface area (Å²) in [5.74, 6) is -0.0648. The number of aliphatic hydroxyl groups is 2. The number of aliphatic hydroxyl groups excluding tert-OH is 2. The summed E-state index contributed by atoms with van der Waals surface area (Å²) >= 11 is 0. The van der Waals surface area contributed by atoms with E-state index in [4.69, 9.17) is 15.6 Å². The number of aromatic nitrogens is 4. The average Bonchev–Trinajstić information content (AvgIpc) is 2.92. The normalized spacial score (nSPS) is 27.2. The highest BCUT2D eigenvalue weighted by Gasteiger charge is 2.35. The zero-order valence-electron chi connectivity index (χ0n) is 9.64. The van der Waals surface area contributed by atoms with Gasteiger partial charge in [-0.25, -0.2) is 4.98 Å². The Balaban J connectivity index is 2.02. The number of rotatable bonds is 2. The minimum Gasteiger partial charge on any atom is -0.390 e. The smallest absolute Gasteiger partial charge is 0.312 e. The monoisotopic (exact) mass is 268 g/mol. The van der Waals surface area contributed by atoms with E-state index in [1.165, 1.54) is 10.9 Å². The first kappa shape index (κ1) is 12.2. The molecule has 1 radical (unpaired) electrons. The molecule has 3 atom stereocenters. The van der Waals surface area contributed by atoms with E-state index in [-0.39, 0.29) is 23.4 Å². The maximum absolute atomic E-state index is 13.2. The summed E-state index contributed by atoms with van der Waals surface area (Å²) in [7, 11) is 0. The lowest BCUT2D eigenvalue weighted by atomic mass is 10.2. The second kappa shape index (κ2) is 4.37. The molecule has 2 aromatic rings. The Morgan fingerprint density at radius 1 is 1.53 bits per heavy atom. The number of imidazole rings is 1. The zero-order valence-corrected chi connectivity index (χ0v) is 9.64. The molecule has 0 unspecified atom stereocenters. The van der Waals surface area contributed by atoms with E-state index < -0.39 is 24.5 Å². The zero-order chi connectivity index (χ0) is 13.6. The fourth-order valence-corrected chi connectivity index (χ4v) is 2.10. The molecule has 8 nitrogen and oxygen atoms in total. The van der Waals surface area contributed by atoms with Crippen molar-refractivity contribution in [2.24, 2.45) is 0 Å². The first-order valence-corrected chi connectivity index (χ1v) is 5.56. The summed E-state index contributed by atoms with van der Waals surface area (Å²) in [5.41, 5.74) is 5.99. The third kappa shape index (κ3) is 1.91. The summed E-state index contributed by atoms with van der Waals surface area (Å²) in [4.78, 5) is 11.0. The number of ether oxygens (including phenoxy) is 1. The fourth-order valence-electron chi connectivity index (χ4n) is 2.10. The van der Waals surface area contributed by atoms with Gasteiger partial charge in [-0.2, -0.15) is 14.4 Å². The highest BCUT2D eigenvalue weighted by Crippen LogP contribution is 2.32.